The SMILES string of the molecule is CCC(=O)c1ccc(O)c2c1C[C@H]1C[C@H]3[C@H](N(C)C)C(O)=C(C(N)=O)C(=O)[C@@]3(O)C(O)=C1C2=O. The lowest BCUT2D eigenvalue weighted by Gasteiger charge is -2.50. The van der Waals surface area contributed by atoms with Gasteiger partial charge in [-0.3, -0.25) is 24.1 Å². The predicted molar refractivity (Wildman–Crippen MR) is 118 cm³/mol. The van der Waals surface area contributed by atoms with Crippen LogP contribution in [-0.2, 0) is 16.0 Å². The zero-order chi connectivity index (χ0) is 25.3. The van der Waals surface area contributed by atoms with E-state index in [2.05, 4.69) is 0 Å². The molecule has 3 aliphatic carbocycles. The van der Waals surface area contributed by atoms with Crippen molar-refractivity contribution in [1.82, 2.24) is 4.90 Å². The number of nitrogens with zero attached hydrogens (tertiary/aromatic N) is 1. The molecule has 0 aliphatic heterocycles. The number of amides is 1. The Kier molecular flexibility index (Phi) is 5.41. The summed E-state index contributed by atoms with van der Waals surface area (Å²) >= 11 is 0. The number of primary amides is 1. The Morgan fingerprint density at radius 3 is 2.38 bits per heavy atom. The van der Waals surface area contributed by atoms with Crippen molar-refractivity contribution in [2.45, 2.75) is 37.8 Å². The van der Waals surface area contributed by atoms with Crippen LogP contribution < -0.4 is 5.73 Å². The molecule has 0 saturated carbocycles. The third kappa shape index (κ3) is 2.95. The number of phenolic OH excluding ortho intramolecular Hbond substituents is 1. The van der Waals surface area contributed by atoms with Gasteiger partial charge in [-0.2, -0.15) is 0 Å². The molecule has 6 N–H and O–H groups in total. The second kappa shape index (κ2) is 7.78. The zero-order valence-electron chi connectivity index (χ0n) is 19.0. The minimum Gasteiger partial charge on any atom is -0.510 e. The van der Waals surface area contributed by atoms with Gasteiger partial charge in [0.15, 0.2) is 17.2 Å². The number of aliphatic hydroxyl groups is 3. The number of carbonyl (C=O) groups excluding carboxylic acids is 4. The minimum absolute atomic E-state index is 0.0266. The van der Waals surface area contributed by atoms with Crippen LogP contribution in [0.25, 0.3) is 0 Å². The van der Waals surface area contributed by atoms with Gasteiger partial charge in [-0.15, -0.1) is 0 Å². The summed E-state index contributed by atoms with van der Waals surface area (Å²) in [4.78, 5) is 52.7. The first-order chi connectivity index (χ1) is 15.9. The number of fused-ring (bicyclic) bond motifs is 3. The van der Waals surface area contributed by atoms with Crippen LogP contribution in [0, 0.1) is 11.8 Å². The summed E-state index contributed by atoms with van der Waals surface area (Å²) in [6.45, 7) is 1.67. The predicted octanol–water partition coefficient (Wildman–Crippen LogP) is 0.713. The average molecular weight is 470 g/mol. The highest BCUT2D eigenvalue weighted by molar-refractivity contribution is 6.25. The van der Waals surface area contributed by atoms with Gasteiger partial charge in [0.2, 0.25) is 5.78 Å². The fourth-order valence-electron chi connectivity index (χ4n) is 5.70. The van der Waals surface area contributed by atoms with Crippen molar-refractivity contribution in [2.75, 3.05) is 14.1 Å². The number of benzene rings is 1. The lowest BCUT2D eigenvalue weighted by molar-refractivity contribution is -0.148. The Morgan fingerprint density at radius 1 is 1.18 bits per heavy atom. The van der Waals surface area contributed by atoms with E-state index >= 15 is 0 Å². The fraction of sp³-hybridized carbons (Fsp3) is 0.417. The second-order valence-electron chi connectivity index (χ2n) is 9.23. The van der Waals surface area contributed by atoms with Crippen molar-refractivity contribution in [3.63, 3.8) is 0 Å². The van der Waals surface area contributed by atoms with Crippen LogP contribution in [0.4, 0.5) is 0 Å². The average Bonchev–Trinajstić information content (AvgIpc) is 2.75. The maximum Gasteiger partial charge on any atom is 0.255 e. The molecule has 0 fully saturated rings. The molecule has 4 rings (SSSR count). The van der Waals surface area contributed by atoms with E-state index in [9.17, 15) is 39.6 Å². The first-order valence-electron chi connectivity index (χ1n) is 10.9. The third-order valence-corrected chi connectivity index (χ3v) is 7.23. The minimum atomic E-state index is -2.68. The molecule has 0 heterocycles. The molecule has 1 aromatic carbocycles. The van der Waals surface area contributed by atoms with Crippen LogP contribution >= 0.6 is 0 Å². The third-order valence-electron chi connectivity index (χ3n) is 7.23. The molecule has 0 bridgehead atoms. The number of nitrogens with two attached hydrogens (primary N) is 1. The van der Waals surface area contributed by atoms with Crippen molar-refractivity contribution in [1.29, 1.82) is 0 Å². The number of carbonyl (C=O) groups is 4. The number of likely N-dealkylation sites (N-methyl/N-ethyl adjacent to an activating group) is 1. The van der Waals surface area contributed by atoms with E-state index in [1.807, 2.05) is 0 Å². The molecule has 4 atom stereocenters. The summed E-state index contributed by atoms with van der Waals surface area (Å²) in [7, 11) is 3.12. The molecule has 3 aliphatic rings. The molecule has 0 unspecified atom stereocenters. The van der Waals surface area contributed by atoms with Crippen molar-refractivity contribution >= 4 is 23.3 Å². The molecule has 0 saturated heterocycles. The van der Waals surface area contributed by atoms with E-state index in [0.29, 0.717) is 5.56 Å². The summed E-state index contributed by atoms with van der Waals surface area (Å²) in [5, 5.41) is 43.9. The zero-order valence-corrected chi connectivity index (χ0v) is 19.0. The van der Waals surface area contributed by atoms with Crippen molar-refractivity contribution in [2.24, 2.45) is 17.6 Å². The normalized spacial score (nSPS) is 28.6. The van der Waals surface area contributed by atoms with Gasteiger partial charge in [0.1, 0.15) is 22.8 Å². The maximum atomic E-state index is 13.5. The monoisotopic (exact) mass is 470 g/mol. The Hall–Kier alpha value is -3.50. The highest BCUT2D eigenvalue weighted by Crippen LogP contribution is 2.52. The van der Waals surface area contributed by atoms with Crippen molar-refractivity contribution in [3.8, 4) is 5.75 Å². The van der Waals surface area contributed by atoms with E-state index < -0.39 is 63.8 Å². The highest BCUT2D eigenvalue weighted by atomic mass is 16.3. The first-order valence-corrected chi connectivity index (χ1v) is 10.9. The van der Waals surface area contributed by atoms with Gasteiger partial charge < -0.3 is 26.2 Å². The molecule has 180 valence electrons. The number of hydrogen-bond acceptors (Lipinski definition) is 9. The Balaban J connectivity index is 1.97. The number of Topliss-reactive ketones (excluding diaryl/α,β-unsaturated/α-hetero) is 3. The molecule has 0 radical (unpaired) electrons. The summed E-state index contributed by atoms with van der Waals surface area (Å²) < 4.78 is 0. The molecule has 1 amide bonds. The topological polar surface area (TPSA) is 178 Å². The molecule has 34 heavy (non-hydrogen) atoms. The van der Waals surface area contributed by atoms with Crippen molar-refractivity contribution in [3.05, 3.63) is 51.5 Å². The van der Waals surface area contributed by atoms with Crippen molar-refractivity contribution < 1.29 is 39.6 Å². The van der Waals surface area contributed by atoms with Gasteiger partial charge in [-0.25, -0.2) is 0 Å². The summed E-state index contributed by atoms with van der Waals surface area (Å²) in [5.41, 5.74) is 1.96. The van der Waals surface area contributed by atoms with E-state index in [-0.39, 0.29) is 41.7 Å². The molecule has 0 aromatic heterocycles. The van der Waals surface area contributed by atoms with Gasteiger partial charge in [0.25, 0.3) is 5.91 Å². The second-order valence-corrected chi connectivity index (χ2v) is 9.23. The smallest absolute Gasteiger partial charge is 0.255 e. The Bertz CT molecular complexity index is 1230. The number of phenols is 1. The summed E-state index contributed by atoms with van der Waals surface area (Å²) in [5.74, 6) is -7.38. The van der Waals surface area contributed by atoms with Crippen LogP contribution in [0.3, 0.4) is 0 Å². The number of aromatic hydroxyl groups is 1. The highest BCUT2D eigenvalue weighted by Gasteiger charge is 2.63. The van der Waals surface area contributed by atoms with Gasteiger partial charge in [0.05, 0.1) is 11.6 Å². The van der Waals surface area contributed by atoms with Gasteiger partial charge in [-0.05, 0) is 50.6 Å². The quantitative estimate of drug-likeness (QED) is 0.313. The number of ketones is 3. The molecule has 10 heteroatoms. The summed E-state index contributed by atoms with van der Waals surface area (Å²) in [6, 6.07) is 1.60. The van der Waals surface area contributed by atoms with Crippen LogP contribution in [0.15, 0.2) is 34.8 Å². The number of allylic oxidation sites excluding steroid dienone is 1. The van der Waals surface area contributed by atoms with Crippen LogP contribution in [0.1, 0.15) is 46.0 Å². The maximum absolute atomic E-state index is 13.5. The molecule has 10 nitrogen and oxygen atoms in total. The lowest BCUT2D eigenvalue weighted by atomic mass is 9.58. The van der Waals surface area contributed by atoms with Gasteiger partial charge >= 0.3 is 0 Å². The number of rotatable bonds is 4. The Labute approximate surface area is 195 Å². The molecule has 1 aromatic rings. The number of aliphatic hydroxyl groups excluding tert-OH is 2. The lowest BCUT2D eigenvalue weighted by Crippen LogP contribution is -2.63. The van der Waals surface area contributed by atoms with E-state index in [1.165, 1.54) is 17.0 Å². The van der Waals surface area contributed by atoms with Gasteiger partial charge in [-0.1, -0.05) is 6.92 Å². The van der Waals surface area contributed by atoms with E-state index in [1.54, 1.807) is 21.0 Å². The molecular formula is C24H26N2O8. The standard InChI is InChI=1S/C24H26N2O8/c1-4-13(27)10-5-6-14(28)16-11(10)7-9-8-12-18(26(2)3)20(30)17(23(25)33)22(32)24(12,34)21(31)15(9)19(16)29/h5-6,9,12,18,28,30-31,34H,4,7-8H2,1-3H3,(H2,25,33)/t9-,12-,18-,24-/m0/s1. The fourth-order valence-corrected chi connectivity index (χ4v) is 5.70. The number of hydrogen-bond donors (Lipinski definition) is 5. The van der Waals surface area contributed by atoms with Gasteiger partial charge in [0, 0.05) is 23.5 Å². The van der Waals surface area contributed by atoms with E-state index in [4.69, 9.17) is 5.73 Å². The van der Waals surface area contributed by atoms with E-state index in [0.717, 1.165) is 0 Å². The van der Waals surface area contributed by atoms with Crippen LogP contribution in [-0.4, -0.2) is 74.3 Å². The molecule has 0 spiro atoms. The summed E-state index contributed by atoms with van der Waals surface area (Å²) in [6.07, 6.45) is 0.239. The van der Waals surface area contributed by atoms with Crippen LogP contribution in [0.2, 0.25) is 0 Å². The molecular weight excluding hydrogens is 444 g/mol. The largest absolute Gasteiger partial charge is 0.510 e. The first kappa shape index (κ1) is 23.7. The Morgan fingerprint density at radius 2 is 1.82 bits per heavy atom. The van der Waals surface area contributed by atoms with Crippen LogP contribution in [0.5, 0.6) is 5.75 Å².